The van der Waals surface area contributed by atoms with E-state index >= 15 is 0 Å². The van der Waals surface area contributed by atoms with Gasteiger partial charge in [0.15, 0.2) is 11.6 Å². The zero-order valence-corrected chi connectivity index (χ0v) is 13.5. The van der Waals surface area contributed by atoms with Gasteiger partial charge in [-0.25, -0.2) is 8.78 Å². The Morgan fingerprint density at radius 3 is 2.50 bits per heavy atom. The zero-order valence-electron chi connectivity index (χ0n) is 13.5. The molecule has 0 bridgehead atoms. The summed E-state index contributed by atoms with van der Waals surface area (Å²) in [5, 5.41) is 2.35. The van der Waals surface area contributed by atoms with E-state index in [-0.39, 0.29) is 17.9 Å². The highest BCUT2D eigenvalue weighted by Gasteiger charge is 2.14. The van der Waals surface area contributed by atoms with Gasteiger partial charge in [-0.3, -0.25) is 9.59 Å². The summed E-state index contributed by atoms with van der Waals surface area (Å²) in [5.74, 6) is -2.88. The molecule has 0 unspecified atom stereocenters. The van der Waals surface area contributed by atoms with Crippen molar-refractivity contribution >= 4 is 11.6 Å². The number of amides is 1. The molecule has 0 saturated carbocycles. The summed E-state index contributed by atoms with van der Waals surface area (Å²) in [4.78, 5) is 30.1. The minimum Gasteiger partial charge on any atom is -0.406 e. The van der Waals surface area contributed by atoms with Gasteiger partial charge in [0.05, 0.1) is 0 Å². The minimum absolute atomic E-state index is 0.0360. The first kappa shape index (κ1) is 17.3. The summed E-state index contributed by atoms with van der Waals surface area (Å²) >= 11 is 0. The van der Waals surface area contributed by atoms with Crippen molar-refractivity contribution in [2.24, 2.45) is 0 Å². The van der Waals surface area contributed by atoms with Gasteiger partial charge in [-0.15, -0.1) is 0 Å². The van der Waals surface area contributed by atoms with Gasteiger partial charge in [-0.2, -0.15) is 4.73 Å². The molecule has 0 aliphatic heterocycles. The van der Waals surface area contributed by atoms with Gasteiger partial charge < -0.3 is 10.2 Å². The minimum atomic E-state index is -1.10. The van der Waals surface area contributed by atoms with E-state index in [1.54, 1.807) is 0 Å². The molecule has 0 aliphatic rings. The van der Waals surface area contributed by atoms with E-state index in [0.717, 1.165) is 22.4 Å². The lowest BCUT2D eigenvalue weighted by Crippen LogP contribution is -2.32. The highest BCUT2D eigenvalue weighted by atomic mass is 19.2. The standard InChI is InChI=1S/C19H14F2N2O3/c20-16-9-8-14(11-17(16)21)22-18(24)15-7-4-10-23(19(15)25)26-12-13-5-2-1-3-6-13/h1-11H,12H2,(H,22,24). The number of rotatable bonds is 5. The van der Waals surface area contributed by atoms with Crippen LogP contribution in [0.3, 0.4) is 0 Å². The zero-order chi connectivity index (χ0) is 18.5. The molecule has 0 saturated heterocycles. The number of benzene rings is 2. The summed E-state index contributed by atoms with van der Waals surface area (Å²) in [6, 6.07) is 14.9. The molecule has 7 heteroatoms. The van der Waals surface area contributed by atoms with Gasteiger partial charge in [0.1, 0.15) is 12.2 Å². The molecule has 5 nitrogen and oxygen atoms in total. The Hall–Kier alpha value is -3.48. The Balaban J connectivity index is 1.76. The first-order valence-corrected chi connectivity index (χ1v) is 7.70. The SMILES string of the molecule is O=C(Nc1ccc(F)c(F)c1)c1cccn(OCc2ccccc2)c1=O. The molecule has 0 radical (unpaired) electrons. The van der Waals surface area contributed by atoms with Crippen LogP contribution < -0.4 is 15.7 Å². The number of hydrogen-bond donors (Lipinski definition) is 1. The van der Waals surface area contributed by atoms with E-state index in [1.165, 1.54) is 24.4 Å². The third-order valence-corrected chi connectivity index (χ3v) is 3.55. The van der Waals surface area contributed by atoms with E-state index in [2.05, 4.69) is 5.32 Å². The quantitative estimate of drug-likeness (QED) is 0.765. The number of carbonyl (C=O) groups is 1. The molecule has 1 heterocycles. The van der Waals surface area contributed by atoms with E-state index in [0.29, 0.717) is 0 Å². The molecule has 3 aromatic rings. The fourth-order valence-corrected chi connectivity index (χ4v) is 2.24. The van der Waals surface area contributed by atoms with Crippen LogP contribution in [0, 0.1) is 11.6 Å². The Morgan fingerprint density at radius 1 is 1.00 bits per heavy atom. The molecular formula is C19H14F2N2O3. The second kappa shape index (κ2) is 7.60. The van der Waals surface area contributed by atoms with Crippen LogP contribution in [0.2, 0.25) is 0 Å². The van der Waals surface area contributed by atoms with Gasteiger partial charge in [-0.05, 0) is 29.8 Å². The van der Waals surface area contributed by atoms with Crippen molar-refractivity contribution in [3.05, 3.63) is 100.0 Å². The average Bonchev–Trinajstić information content (AvgIpc) is 2.64. The lowest BCUT2D eigenvalue weighted by molar-refractivity contribution is 0.0863. The number of pyridine rings is 1. The topological polar surface area (TPSA) is 60.3 Å². The molecule has 0 atom stereocenters. The van der Waals surface area contributed by atoms with Crippen molar-refractivity contribution < 1.29 is 18.4 Å². The Kier molecular flexibility index (Phi) is 5.07. The number of anilines is 1. The van der Waals surface area contributed by atoms with Crippen LogP contribution in [-0.2, 0) is 6.61 Å². The van der Waals surface area contributed by atoms with E-state index in [9.17, 15) is 18.4 Å². The van der Waals surface area contributed by atoms with Crippen molar-refractivity contribution in [1.29, 1.82) is 0 Å². The molecule has 26 heavy (non-hydrogen) atoms. The van der Waals surface area contributed by atoms with Crippen LogP contribution in [0.5, 0.6) is 0 Å². The van der Waals surface area contributed by atoms with Crippen LogP contribution in [0.15, 0.2) is 71.7 Å². The number of carbonyl (C=O) groups excluding carboxylic acids is 1. The maximum Gasteiger partial charge on any atom is 0.295 e. The summed E-state index contributed by atoms with van der Waals surface area (Å²) in [6.45, 7) is 0.148. The van der Waals surface area contributed by atoms with E-state index < -0.39 is 23.1 Å². The largest absolute Gasteiger partial charge is 0.406 e. The second-order valence-electron chi connectivity index (χ2n) is 5.39. The molecular weight excluding hydrogens is 342 g/mol. The van der Waals surface area contributed by atoms with Gasteiger partial charge >= 0.3 is 0 Å². The van der Waals surface area contributed by atoms with Gasteiger partial charge in [-0.1, -0.05) is 30.3 Å². The third-order valence-electron chi connectivity index (χ3n) is 3.55. The Bertz CT molecular complexity index is 988. The van der Waals surface area contributed by atoms with E-state index in [1.807, 2.05) is 30.3 Å². The molecule has 0 aliphatic carbocycles. The number of hydrogen-bond acceptors (Lipinski definition) is 3. The third kappa shape index (κ3) is 3.94. The molecule has 0 spiro atoms. The monoisotopic (exact) mass is 356 g/mol. The normalized spacial score (nSPS) is 10.4. The molecule has 132 valence electrons. The Morgan fingerprint density at radius 2 is 1.77 bits per heavy atom. The first-order chi connectivity index (χ1) is 12.5. The van der Waals surface area contributed by atoms with Crippen LogP contribution in [0.25, 0.3) is 0 Å². The molecule has 1 N–H and O–H groups in total. The lowest BCUT2D eigenvalue weighted by atomic mass is 10.2. The molecule has 3 rings (SSSR count). The number of nitrogens with one attached hydrogen (secondary N) is 1. The predicted molar refractivity (Wildman–Crippen MR) is 91.7 cm³/mol. The summed E-state index contributed by atoms with van der Waals surface area (Å²) in [6.07, 6.45) is 1.39. The lowest BCUT2D eigenvalue weighted by Gasteiger charge is -2.10. The summed E-state index contributed by atoms with van der Waals surface area (Å²) < 4.78 is 27.1. The average molecular weight is 356 g/mol. The smallest absolute Gasteiger partial charge is 0.295 e. The maximum absolute atomic E-state index is 13.2. The van der Waals surface area contributed by atoms with Gasteiger partial charge in [0.2, 0.25) is 0 Å². The van der Waals surface area contributed by atoms with Crippen LogP contribution in [-0.4, -0.2) is 10.6 Å². The fraction of sp³-hybridized carbons (Fsp3) is 0.0526. The van der Waals surface area contributed by atoms with Crippen molar-refractivity contribution in [1.82, 2.24) is 4.73 Å². The van der Waals surface area contributed by atoms with Crippen LogP contribution in [0.1, 0.15) is 15.9 Å². The van der Waals surface area contributed by atoms with Gasteiger partial charge in [0.25, 0.3) is 11.5 Å². The maximum atomic E-state index is 13.2. The predicted octanol–water partition coefficient (Wildman–Crippen LogP) is 3.01. The number of halogens is 2. The van der Waals surface area contributed by atoms with Crippen LogP contribution >= 0.6 is 0 Å². The summed E-state index contributed by atoms with van der Waals surface area (Å²) in [7, 11) is 0. The molecule has 1 aromatic heterocycles. The van der Waals surface area contributed by atoms with Crippen LogP contribution in [0.4, 0.5) is 14.5 Å². The van der Waals surface area contributed by atoms with Crippen molar-refractivity contribution in [2.45, 2.75) is 6.61 Å². The Labute approximate surface area is 147 Å². The highest BCUT2D eigenvalue weighted by molar-refractivity contribution is 6.03. The molecule has 0 fully saturated rings. The summed E-state index contributed by atoms with van der Waals surface area (Å²) in [5.41, 5.74) is 0.0405. The van der Waals surface area contributed by atoms with E-state index in [4.69, 9.17) is 4.84 Å². The van der Waals surface area contributed by atoms with Crippen molar-refractivity contribution in [3.8, 4) is 0 Å². The van der Waals surface area contributed by atoms with Crippen molar-refractivity contribution in [2.75, 3.05) is 5.32 Å². The first-order valence-electron chi connectivity index (χ1n) is 7.70. The van der Waals surface area contributed by atoms with Crippen molar-refractivity contribution in [3.63, 3.8) is 0 Å². The number of aromatic nitrogens is 1. The molecule has 2 aromatic carbocycles. The second-order valence-corrected chi connectivity index (χ2v) is 5.39. The highest BCUT2D eigenvalue weighted by Crippen LogP contribution is 2.13. The van der Waals surface area contributed by atoms with Gasteiger partial charge in [0, 0.05) is 18.0 Å². The number of nitrogens with zero attached hydrogens (tertiary/aromatic N) is 1. The molecule has 1 amide bonds. The fourth-order valence-electron chi connectivity index (χ4n) is 2.24.